The summed E-state index contributed by atoms with van der Waals surface area (Å²) in [6.07, 6.45) is 1.82. The maximum Gasteiger partial charge on any atom is 0.265 e. The average Bonchev–Trinajstić information content (AvgIpc) is 2.88. The van der Waals surface area contributed by atoms with Crippen LogP contribution in [0.5, 0.6) is 5.75 Å². The van der Waals surface area contributed by atoms with E-state index in [1.807, 2.05) is 6.26 Å². The molecule has 0 saturated carbocycles. The zero-order valence-electron chi connectivity index (χ0n) is 10.2. The van der Waals surface area contributed by atoms with Gasteiger partial charge in [0.1, 0.15) is 5.75 Å². The molecule has 1 aromatic rings. The van der Waals surface area contributed by atoms with E-state index >= 15 is 0 Å². The number of methoxy groups -OCH3 is 1. The molecule has 0 fully saturated rings. The van der Waals surface area contributed by atoms with Crippen LogP contribution in [0.25, 0.3) is 0 Å². The highest BCUT2D eigenvalue weighted by molar-refractivity contribution is 8.14. The molecule has 0 aliphatic carbocycles. The minimum Gasteiger partial charge on any atom is -0.497 e. The van der Waals surface area contributed by atoms with Gasteiger partial charge in [0.05, 0.1) is 25.1 Å². The maximum atomic E-state index is 12.4. The minimum absolute atomic E-state index is 0.256. The Morgan fingerprint density at radius 3 is 2.56 bits per heavy atom. The van der Waals surface area contributed by atoms with Crippen LogP contribution in [0, 0.1) is 0 Å². The van der Waals surface area contributed by atoms with E-state index in [0.717, 1.165) is 0 Å². The third-order valence-electron chi connectivity index (χ3n) is 2.59. The predicted octanol–water partition coefficient (Wildman–Crippen LogP) is 1.42. The summed E-state index contributed by atoms with van der Waals surface area (Å²) in [7, 11) is -1.95. The largest absolute Gasteiger partial charge is 0.497 e. The molecule has 0 atom stereocenters. The van der Waals surface area contributed by atoms with Crippen molar-refractivity contribution in [1.82, 2.24) is 4.31 Å². The van der Waals surface area contributed by atoms with Crippen molar-refractivity contribution < 1.29 is 13.2 Å². The molecule has 1 aliphatic rings. The van der Waals surface area contributed by atoms with Crippen LogP contribution in [0.15, 0.2) is 34.2 Å². The van der Waals surface area contributed by atoms with Crippen molar-refractivity contribution in [2.45, 2.75) is 4.90 Å². The van der Waals surface area contributed by atoms with E-state index in [1.54, 1.807) is 31.4 Å². The summed E-state index contributed by atoms with van der Waals surface area (Å²) >= 11 is 1.34. The quantitative estimate of drug-likeness (QED) is 0.843. The standard InChI is InChI=1S/C11H14N2O3S2/c1-16-9-3-5-10(6-4-9)18(14,15)13-8-7-12-11(13)17-2/h3-6H,7-8H2,1-2H3. The molecule has 0 radical (unpaired) electrons. The Labute approximate surface area is 111 Å². The zero-order chi connectivity index (χ0) is 13.2. The molecule has 0 spiro atoms. The lowest BCUT2D eigenvalue weighted by atomic mass is 10.3. The van der Waals surface area contributed by atoms with Crippen molar-refractivity contribution in [2.24, 2.45) is 4.99 Å². The number of ether oxygens (including phenoxy) is 1. The molecule has 7 heteroatoms. The van der Waals surface area contributed by atoms with Gasteiger partial charge in [-0.3, -0.25) is 4.99 Å². The molecular weight excluding hydrogens is 272 g/mol. The Morgan fingerprint density at radius 2 is 2.00 bits per heavy atom. The van der Waals surface area contributed by atoms with E-state index in [2.05, 4.69) is 4.99 Å². The molecule has 98 valence electrons. The van der Waals surface area contributed by atoms with Crippen molar-refractivity contribution >= 4 is 27.0 Å². The van der Waals surface area contributed by atoms with E-state index in [4.69, 9.17) is 4.74 Å². The molecule has 1 heterocycles. The molecule has 0 amide bonds. The maximum absolute atomic E-state index is 12.4. The van der Waals surface area contributed by atoms with Gasteiger partial charge in [0.2, 0.25) is 0 Å². The van der Waals surface area contributed by atoms with Gasteiger partial charge >= 0.3 is 0 Å². The zero-order valence-corrected chi connectivity index (χ0v) is 11.8. The first kappa shape index (κ1) is 13.2. The van der Waals surface area contributed by atoms with Crippen molar-refractivity contribution in [3.63, 3.8) is 0 Å². The molecule has 0 saturated heterocycles. The highest BCUT2D eigenvalue weighted by Gasteiger charge is 2.29. The molecule has 0 bridgehead atoms. The lowest BCUT2D eigenvalue weighted by molar-refractivity contribution is 0.414. The van der Waals surface area contributed by atoms with Crippen molar-refractivity contribution in [2.75, 3.05) is 26.5 Å². The Hall–Kier alpha value is -1.21. The predicted molar refractivity (Wildman–Crippen MR) is 72.7 cm³/mol. The van der Waals surface area contributed by atoms with E-state index < -0.39 is 10.0 Å². The highest BCUT2D eigenvalue weighted by atomic mass is 32.2. The molecule has 18 heavy (non-hydrogen) atoms. The molecule has 1 aliphatic heterocycles. The van der Waals surface area contributed by atoms with E-state index in [-0.39, 0.29) is 4.90 Å². The lowest BCUT2D eigenvalue weighted by Gasteiger charge is -2.19. The third kappa shape index (κ3) is 2.32. The normalized spacial score (nSPS) is 15.7. The Bertz CT molecular complexity index is 552. The average molecular weight is 286 g/mol. The molecule has 1 aromatic carbocycles. The first-order valence-electron chi connectivity index (χ1n) is 5.35. The molecule has 0 N–H and O–H groups in total. The van der Waals surface area contributed by atoms with Gasteiger partial charge in [-0.1, -0.05) is 11.8 Å². The van der Waals surface area contributed by atoms with Crippen LogP contribution in [-0.4, -0.2) is 44.3 Å². The number of thioether (sulfide) groups is 1. The van der Waals surface area contributed by atoms with Gasteiger partial charge < -0.3 is 4.74 Å². The van der Waals surface area contributed by atoms with Crippen LogP contribution in [0.4, 0.5) is 0 Å². The number of benzene rings is 1. The molecule has 2 rings (SSSR count). The SMILES string of the molecule is COc1ccc(S(=O)(=O)N2CCN=C2SC)cc1. The summed E-state index contributed by atoms with van der Waals surface area (Å²) in [6.45, 7) is 0.927. The van der Waals surface area contributed by atoms with Crippen molar-refractivity contribution in [1.29, 1.82) is 0 Å². The van der Waals surface area contributed by atoms with E-state index in [0.29, 0.717) is 24.0 Å². The van der Waals surface area contributed by atoms with Gasteiger partial charge in [0, 0.05) is 0 Å². The fourth-order valence-electron chi connectivity index (χ4n) is 1.68. The summed E-state index contributed by atoms with van der Waals surface area (Å²) < 4.78 is 31.1. The molecule has 0 aromatic heterocycles. The summed E-state index contributed by atoms with van der Waals surface area (Å²) in [6, 6.07) is 6.37. The number of aliphatic imine (C=N–C) groups is 1. The number of amidine groups is 1. The van der Waals surface area contributed by atoms with Gasteiger partial charge in [0.25, 0.3) is 10.0 Å². The monoisotopic (exact) mass is 286 g/mol. The van der Waals surface area contributed by atoms with Crippen LogP contribution in [-0.2, 0) is 10.0 Å². The number of nitrogens with zero attached hydrogens (tertiary/aromatic N) is 2. The smallest absolute Gasteiger partial charge is 0.265 e. The van der Waals surface area contributed by atoms with Crippen molar-refractivity contribution in [3.8, 4) is 5.75 Å². The minimum atomic E-state index is -3.50. The topological polar surface area (TPSA) is 59.0 Å². The number of hydrogen-bond acceptors (Lipinski definition) is 5. The third-order valence-corrected chi connectivity index (χ3v) is 5.23. The van der Waals surface area contributed by atoms with Crippen LogP contribution in [0.2, 0.25) is 0 Å². The van der Waals surface area contributed by atoms with Gasteiger partial charge in [-0.15, -0.1) is 0 Å². The van der Waals surface area contributed by atoms with Gasteiger partial charge in [-0.05, 0) is 30.5 Å². The van der Waals surface area contributed by atoms with Crippen LogP contribution in [0.1, 0.15) is 0 Å². The van der Waals surface area contributed by atoms with Gasteiger partial charge in [0.15, 0.2) is 5.17 Å². The van der Waals surface area contributed by atoms with Crippen LogP contribution in [0.3, 0.4) is 0 Å². The number of rotatable bonds is 3. The fourth-order valence-corrected chi connectivity index (χ4v) is 4.03. The van der Waals surface area contributed by atoms with Gasteiger partial charge in [-0.25, -0.2) is 12.7 Å². The van der Waals surface area contributed by atoms with E-state index in [1.165, 1.54) is 16.1 Å². The fraction of sp³-hybridized carbons (Fsp3) is 0.364. The second kappa shape index (κ2) is 5.19. The van der Waals surface area contributed by atoms with Crippen molar-refractivity contribution in [3.05, 3.63) is 24.3 Å². The Balaban J connectivity index is 2.33. The first-order chi connectivity index (χ1) is 8.59. The number of sulfonamides is 1. The lowest BCUT2D eigenvalue weighted by Crippen LogP contribution is -2.32. The summed E-state index contributed by atoms with van der Waals surface area (Å²) in [4.78, 5) is 4.42. The summed E-state index contributed by atoms with van der Waals surface area (Å²) in [5.41, 5.74) is 0. The Kier molecular flexibility index (Phi) is 3.82. The first-order valence-corrected chi connectivity index (χ1v) is 8.01. The summed E-state index contributed by atoms with van der Waals surface area (Å²) in [5, 5.41) is 0.547. The second-order valence-electron chi connectivity index (χ2n) is 3.62. The van der Waals surface area contributed by atoms with E-state index in [9.17, 15) is 8.42 Å². The summed E-state index contributed by atoms with van der Waals surface area (Å²) in [5.74, 6) is 0.633. The number of hydrogen-bond donors (Lipinski definition) is 0. The van der Waals surface area contributed by atoms with Gasteiger partial charge in [-0.2, -0.15) is 0 Å². The second-order valence-corrected chi connectivity index (χ2v) is 6.26. The molecular formula is C11H14N2O3S2. The van der Waals surface area contributed by atoms with Crippen LogP contribution < -0.4 is 4.74 Å². The Morgan fingerprint density at radius 1 is 1.33 bits per heavy atom. The van der Waals surface area contributed by atoms with Crippen LogP contribution >= 0.6 is 11.8 Å². The molecule has 0 unspecified atom stereocenters. The highest BCUT2D eigenvalue weighted by Crippen LogP contribution is 2.23. The molecule has 5 nitrogen and oxygen atoms in total.